The standard InChI is InChI=1S/C22H22N2O6/c1-3-4-13-23-19(14-7-11-17(30-2)12-8-14)18(21(26)22(23)27)20(25)15-5-9-16(10-6-15)24(28)29/h5-12,19,25H,3-4,13H2,1-2H3/b20-18-. The van der Waals surface area contributed by atoms with Gasteiger partial charge in [-0.1, -0.05) is 25.5 Å². The third kappa shape index (κ3) is 3.89. The van der Waals surface area contributed by atoms with Gasteiger partial charge in [0.25, 0.3) is 17.4 Å². The summed E-state index contributed by atoms with van der Waals surface area (Å²) in [7, 11) is 1.54. The average molecular weight is 410 g/mol. The summed E-state index contributed by atoms with van der Waals surface area (Å²) in [6.07, 6.45) is 1.54. The summed E-state index contributed by atoms with van der Waals surface area (Å²) in [5, 5.41) is 21.8. The number of amides is 1. The van der Waals surface area contributed by atoms with E-state index in [0.717, 1.165) is 6.42 Å². The van der Waals surface area contributed by atoms with Gasteiger partial charge in [-0.25, -0.2) is 0 Å². The molecule has 1 amide bonds. The number of nitrogens with zero attached hydrogens (tertiary/aromatic N) is 2. The lowest BCUT2D eigenvalue weighted by Gasteiger charge is -2.25. The van der Waals surface area contributed by atoms with Crippen molar-refractivity contribution in [1.29, 1.82) is 0 Å². The van der Waals surface area contributed by atoms with E-state index < -0.39 is 22.7 Å². The number of ketones is 1. The van der Waals surface area contributed by atoms with Crippen molar-refractivity contribution in [2.75, 3.05) is 13.7 Å². The van der Waals surface area contributed by atoms with Crippen LogP contribution in [0.1, 0.15) is 36.9 Å². The summed E-state index contributed by atoms with van der Waals surface area (Å²) in [6, 6.07) is 11.4. The van der Waals surface area contributed by atoms with Crippen LogP contribution in [0.3, 0.4) is 0 Å². The Bertz CT molecular complexity index is 995. The number of ether oxygens (including phenoxy) is 1. The number of aliphatic hydroxyl groups is 1. The van der Waals surface area contributed by atoms with Crippen molar-refractivity contribution in [3.63, 3.8) is 0 Å². The number of benzene rings is 2. The lowest BCUT2D eigenvalue weighted by Crippen LogP contribution is -2.30. The number of aliphatic hydroxyl groups excluding tert-OH is 1. The average Bonchev–Trinajstić information content (AvgIpc) is 3.02. The molecule has 1 N–H and O–H groups in total. The lowest BCUT2D eigenvalue weighted by molar-refractivity contribution is -0.384. The number of likely N-dealkylation sites (tertiary alicyclic amines) is 1. The summed E-state index contributed by atoms with van der Waals surface area (Å²) < 4.78 is 5.18. The molecule has 1 heterocycles. The highest BCUT2D eigenvalue weighted by atomic mass is 16.6. The smallest absolute Gasteiger partial charge is 0.295 e. The Morgan fingerprint density at radius 3 is 2.30 bits per heavy atom. The Kier molecular flexibility index (Phi) is 6.15. The molecule has 8 nitrogen and oxygen atoms in total. The van der Waals surface area contributed by atoms with Crippen molar-refractivity contribution in [3.8, 4) is 5.75 Å². The third-order valence-electron chi connectivity index (χ3n) is 5.08. The molecule has 0 radical (unpaired) electrons. The van der Waals surface area contributed by atoms with Crippen LogP contribution in [-0.4, -0.2) is 40.3 Å². The van der Waals surface area contributed by atoms with Gasteiger partial charge >= 0.3 is 0 Å². The van der Waals surface area contributed by atoms with Crippen molar-refractivity contribution < 1.29 is 24.4 Å². The number of unbranched alkanes of at least 4 members (excludes halogenated alkanes) is 1. The first-order valence-electron chi connectivity index (χ1n) is 9.56. The maximum Gasteiger partial charge on any atom is 0.295 e. The Morgan fingerprint density at radius 2 is 1.77 bits per heavy atom. The maximum absolute atomic E-state index is 12.8. The molecule has 1 atom stereocenters. The number of nitro benzene ring substituents is 1. The second kappa shape index (κ2) is 8.77. The topological polar surface area (TPSA) is 110 Å². The maximum atomic E-state index is 12.8. The number of Topliss-reactive ketones (excluding diaryl/α,β-unsaturated/α-hetero) is 1. The molecule has 8 heteroatoms. The van der Waals surface area contributed by atoms with Crippen LogP contribution in [0.5, 0.6) is 5.75 Å². The second-order valence-electron chi connectivity index (χ2n) is 6.92. The summed E-state index contributed by atoms with van der Waals surface area (Å²) in [6.45, 7) is 2.35. The van der Waals surface area contributed by atoms with Gasteiger partial charge in [0.1, 0.15) is 11.5 Å². The molecule has 1 unspecified atom stereocenters. The number of carbonyl (C=O) groups is 2. The normalized spacial score (nSPS) is 17.9. The van der Waals surface area contributed by atoms with Crippen molar-refractivity contribution in [2.24, 2.45) is 0 Å². The first kappa shape index (κ1) is 21.0. The Morgan fingerprint density at radius 1 is 1.13 bits per heavy atom. The fourth-order valence-corrected chi connectivity index (χ4v) is 3.47. The monoisotopic (exact) mass is 410 g/mol. The fourth-order valence-electron chi connectivity index (χ4n) is 3.47. The molecule has 0 aromatic heterocycles. The summed E-state index contributed by atoms with van der Waals surface area (Å²) >= 11 is 0. The first-order valence-corrected chi connectivity index (χ1v) is 9.56. The quantitative estimate of drug-likeness (QED) is 0.244. The van der Waals surface area contributed by atoms with Gasteiger partial charge in [-0.15, -0.1) is 0 Å². The van der Waals surface area contributed by atoms with Crippen LogP contribution in [0.15, 0.2) is 54.1 Å². The second-order valence-corrected chi connectivity index (χ2v) is 6.92. The highest BCUT2D eigenvalue weighted by Crippen LogP contribution is 2.40. The van der Waals surface area contributed by atoms with Crippen molar-refractivity contribution in [2.45, 2.75) is 25.8 Å². The molecule has 2 aromatic rings. The first-order chi connectivity index (χ1) is 14.4. The zero-order valence-corrected chi connectivity index (χ0v) is 16.7. The number of nitro groups is 1. The predicted octanol–water partition coefficient (Wildman–Crippen LogP) is 3.83. The highest BCUT2D eigenvalue weighted by Gasteiger charge is 2.45. The van der Waals surface area contributed by atoms with E-state index in [1.807, 2.05) is 6.92 Å². The minimum atomic E-state index is -0.775. The number of carbonyl (C=O) groups excluding carboxylic acids is 2. The minimum absolute atomic E-state index is 0.0323. The number of methoxy groups -OCH3 is 1. The van der Waals surface area contributed by atoms with Gasteiger partial charge in [0, 0.05) is 24.2 Å². The molecule has 1 aliphatic rings. The Hall–Kier alpha value is -3.68. The number of non-ortho nitro benzene ring substituents is 1. The summed E-state index contributed by atoms with van der Waals surface area (Å²) in [5.74, 6) is -1.18. The van der Waals surface area contributed by atoms with E-state index in [0.29, 0.717) is 24.3 Å². The number of hydrogen-bond acceptors (Lipinski definition) is 6. The molecule has 0 aliphatic carbocycles. The Labute approximate surface area is 173 Å². The van der Waals surface area contributed by atoms with Crippen molar-refractivity contribution in [3.05, 3.63) is 75.3 Å². The van der Waals surface area contributed by atoms with Crippen LogP contribution >= 0.6 is 0 Å². The van der Waals surface area contributed by atoms with Crippen LogP contribution in [0.4, 0.5) is 5.69 Å². The van der Waals surface area contributed by atoms with Crippen LogP contribution in [-0.2, 0) is 9.59 Å². The van der Waals surface area contributed by atoms with E-state index in [1.54, 1.807) is 24.3 Å². The lowest BCUT2D eigenvalue weighted by atomic mass is 9.95. The zero-order chi connectivity index (χ0) is 21.8. The van der Waals surface area contributed by atoms with Crippen LogP contribution in [0.2, 0.25) is 0 Å². The fraction of sp³-hybridized carbons (Fsp3) is 0.273. The van der Waals surface area contributed by atoms with Gasteiger partial charge in [0.15, 0.2) is 0 Å². The molecular formula is C22H22N2O6. The van der Waals surface area contributed by atoms with Crippen LogP contribution in [0, 0.1) is 10.1 Å². The summed E-state index contributed by atoms with van der Waals surface area (Å²) in [4.78, 5) is 37.4. The largest absolute Gasteiger partial charge is 0.507 e. The molecule has 1 fully saturated rings. The van der Waals surface area contributed by atoms with Gasteiger partial charge in [-0.3, -0.25) is 19.7 Å². The van der Waals surface area contributed by atoms with Gasteiger partial charge < -0.3 is 14.7 Å². The number of hydrogen-bond donors (Lipinski definition) is 1. The highest BCUT2D eigenvalue weighted by molar-refractivity contribution is 6.46. The number of rotatable bonds is 7. The van der Waals surface area contributed by atoms with Gasteiger partial charge in [-0.05, 0) is 36.2 Å². The van der Waals surface area contributed by atoms with Crippen molar-refractivity contribution in [1.82, 2.24) is 4.90 Å². The van der Waals surface area contributed by atoms with Crippen LogP contribution in [0.25, 0.3) is 5.76 Å². The molecule has 3 rings (SSSR count). The minimum Gasteiger partial charge on any atom is -0.507 e. The molecule has 0 bridgehead atoms. The molecule has 30 heavy (non-hydrogen) atoms. The van der Waals surface area contributed by atoms with Crippen LogP contribution < -0.4 is 4.74 Å². The molecule has 0 spiro atoms. The molecule has 1 saturated heterocycles. The predicted molar refractivity (Wildman–Crippen MR) is 110 cm³/mol. The van der Waals surface area contributed by atoms with Gasteiger partial charge in [-0.2, -0.15) is 0 Å². The molecule has 0 saturated carbocycles. The third-order valence-corrected chi connectivity index (χ3v) is 5.08. The van der Waals surface area contributed by atoms with E-state index in [1.165, 1.54) is 36.3 Å². The van der Waals surface area contributed by atoms with E-state index in [9.17, 15) is 24.8 Å². The van der Waals surface area contributed by atoms with E-state index >= 15 is 0 Å². The van der Waals surface area contributed by atoms with Gasteiger partial charge in [0.05, 0.1) is 23.6 Å². The molecule has 1 aliphatic heterocycles. The Balaban J connectivity index is 2.12. The van der Waals surface area contributed by atoms with Crippen molar-refractivity contribution >= 4 is 23.1 Å². The van der Waals surface area contributed by atoms with E-state index in [-0.39, 0.29) is 22.6 Å². The van der Waals surface area contributed by atoms with E-state index in [4.69, 9.17) is 4.74 Å². The molecule has 2 aromatic carbocycles. The summed E-state index contributed by atoms with van der Waals surface area (Å²) in [5.41, 5.74) is 0.721. The molecule has 156 valence electrons. The SMILES string of the molecule is CCCCN1C(=O)C(=O)/C(=C(\O)c2ccc([N+](=O)[O-])cc2)C1c1ccc(OC)cc1. The van der Waals surface area contributed by atoms with E-state index in [2.05, 4.69) is 0 Å². The molecular weight excluding hydrogens is 388 g/mol. The van der Waals surface area contributed by atoms with Gasteiger partial charge in [0.2, 0.25) is 0 Å². The zero-order valence-electron chi connectivity index (χ0n) is 16.7.